The van der Waals surface area contributed by atoms with E-state index >= 15 is 0 Å². The van der Waals surface area contributed by atoms with E-state index in [0.717, 1.165) is 5.69 Å². The first-order valence-electron chi connectivity index (χ1n) is 5.01. The highest BCUT2D eigenvalue weighted by molar-refractivity contribution is 5.87. The molecule has 0 spiro atoms. The zero-order valence-electron chi connectivity index (χ0n) is 9.51. The number of pyridine rings is 1. The van der Waals surface area contributed by atoms with Crippen molar-refractivity contribution in [1.82, 2.24) is 9.88 Å². The van der Waals surface area contributed by atoms with E-state index in [0.29, 0.717) is 18.8 Å². The van der Waals surface area contributed by atoms with Crippen molar-refractivity contribution in [2.75, 3.05) is 27.3 Å². The molecule has 0 aliphatic carbocycles. The number of aliphatic hydroxyl groups excluding tert-OH is 1. The SMILES string of the molecule is COC(=O)c1cccc(CN(C)CCO)n1. The summed E-state index contributed by atoms with van der Waals surface area (Å²) in [7, 11) is 3.21. The van der Waals surface area contributed by atoms with Crippen LogP contribution in [0, 0.1) is 0 Å². The summed E-state index contributed by atoms with van der Waals surface area (Å²) in [4.78, 5) is 17.3. The van der Waals surface area contributed by atoms with Crippen LogP contribution >= 0.6 is 0 Å². The lowest BCUT2D eigenvalue weighted by Gasteiger charge is -2.14. The second-order valence-electron chi connectivity index (χ2n) is 3.47. The molecule has 0 atom stereocenters. The van der Waals surface area contributed by atoms with E-state index < -0.39 is 5.97 Å². The molecule has 5 heteroatoms. The molecule has 0 saturated heterocycles. The summed E-state index contributed by atoms with van der Waals surface area (Å²) in [5.74, 6) is -0.438. The lowest BCUT2D eigenvalue weighted by molar-refractivity contribution is 0.0593. The number of rotatable bonds is 5. The molecule has 0 amide bonds. The Kier molecular flexibility index (Phi) is 4.88. The average molecular weight is 224 g/mol. The highest BCUT2D eigenvalue weighted by Crippen LogP contribution is 2.03. The maximum absolute atomic E-state index is 11.2. The number of esters is 1. The highest BCUT2D eigenvalue weighted by atomic mass is 16.5. The van der Waals surface area contributed by atoms with Crippen LogP contribution in [0.25, 0.3) is 0 Å². The molecule has 0 saturated carbocycles. The summed E-state index contributed by atoms with van der Waals surface area (Å²) in [6, 6.07) is 5.21. The Morgan fingerprint density at radius 1 is 1.56 bits per heavy atom. The molecule has 1 rings (SSSR count). The van der Waals surface area contributed by atoms with Crippen molar-refractivity contribution in [2.24, 2.45) is 0 Å². The van der Waals surface area contributed by atoms with Crippen LogP contribution in [-0.4, -0.2) is 48.3 Å². The highest BCUT2D eigenvalue weighted by Gasteiger charge is 2.08. The van der Waals surface area contributed by atoms with Gasteiger partial charge in [0.05, 0.1) is 19.4 Å². The molecule has 1 aromatic heterocycles. The third-order valence-corrected chi connectivity index (χ3v) is 2.11. The Morgan fingerprint density at radius 2 is 2.31 bits per heavy atom. The van der Waals surface area contributed by atoms with Gasteiger partial charge in [0.15, 0.2) is 0 Å². The van der Waals surface area contributed by atoms with Crippen molar-refractivity contribution >= 4 is 5.97 Å². The Morgan fingerprint density at radius 3 is 2.94 bits per heavy atom. The van der Waals surface area contributed by atoms with Crippen LogP contribution in [0.2, 0.25) is 0 Å². The van der Waals surface area contributed by atoms with Gasteiger partial charge in [-0.2, -0.15) is 0 Å². The number of aliphatic hydroxyl groups is 1. The van der Waals surface area contributed by atoms with E-state index in [9.17, 15) is 4.79 Å². The molecule has 88 valence electrons. The van der Waals surface area contributed by atoms with Gasteiger partial charge in [-0.15, -0.1) is 0 Å². The van der Waals surface area contributed by atoms with E-state index in [4.69, 9.17) is 5.11 Å². The zero-order chi connectivity index (χ0) is 12.0. The summed E-state index contributed by atoms with van der Waals surface area (Å²) < 4.78 is 4.59. The maximum Gasteiger partial charge on any atom is 0.356 e. The number of aromatic nitrogens is 1. The fraction of sp³-hybridized carbons (Fsp3) is 0.455. The Balaban J connectivity index is 2.70. The first-order valence-corrected chi connectivity index (χ1v) is 5.01. The Bertz CT molecular complexity index is 355. The van der Waals surface area contributed by atoms with E-state index in [2.05, 4.69) is 9.72 Å². The van der Waals surface area contributed by atoms with Crippen LogP contribution in [0.15, 0.2) is 18.2 Å². The first kappa shape index (κ1) is 12.6. The fourth-order valence-electron chi connectivity index (χ4n) is 1.31. The molecule has 0 radical (unpaired) electrons. The average Bonchev–Trinajstić information content (AvgIpc) is 2.28. The van der Waals surface area contributed by atoms with Gasteiger partial charge in [0, 0.05) is 13.1 Å². The molecule has 0 fully saturated rings. The van der Waals surface area contributed by atoms with Gasteiger partial charge in [-0.1, -0.05) is 6.07 Å². The van der Waals surface area contributed by atoms with E-state index in [1.165, 1.54) is 7.11 Å². The molecule has 0 unspecified atom stereocenters. The Labute approximate surface area is 94.7 Å². The van der Waals surface area contributed by atoms with Gasteiger partial charge >= 0.3 is 5.97 Å². The molecule has 0 aliphatic heterocycles. The third-order valence-electron chi connectivity index (χ3n) is 2.11. The van der Waals surface area contributed by atoms with Crippen LogP contribution in [0.5, 0.6) is 0 Å². The molecule has 0 bridgehead atoms. The number of methoxy groups -OCH3 is 1. The number of hydrogen-bond donors (Lipinski definition) is 1. The van der Waals surface area contributed by atoms with Gasteiger partial charge in [-0.3, -0.25) is 4.90 Å². The molecule has 1 aromatic rings. The zero-order valence-corrected chi connectivity index (χ0v) is 9.51. The molecular weight excluding hydrogens is 208 g/mol. The topological polar surface area (TPSA) is 62.7 Å². The largest absolute Gasteiger partial charge is 0.464 e. The van der Waals surface area contributed by atoms with Crippen molar-refractivity contribution in [3.05, 3.63) is 29.6 Å². The number of hydrogen-bond acceptors (Lipinski definition) is 5. The number of carbonyl (C=O) groups is 1. The summed E-state index contributed by atoms with van der Waals surface area (Å²) in [5.41, 5.74) is 1.08. The van der Waals surface area contributed by atoms with E-state index in [1.54, 1.807) is 12.1 Å². The molecule has 0 aliphatic rings. The Hall–Kier alpha value is -1.46. The van der Waals surface area contributed by atoms with Gasteiger partial charge in [0.2, 0.25) is 0 Å². The minimum atomic E-state index is -0.438. The van der Waals surface area contributed by atoms with Gasteiger partial charge < -0.3 is 9.84 Å². The second-order valence-corrected chi connectivity index (χ2v) is 3.47. The number of nitrogens with zero attached hydrogens (tertiary/aromatic N) is 2. The predicted molar refractivity (Wildman–Crippen MR) is 59.0 cm³/mol. The van der Waals surface area contributed by atoms with E-state index in [-0.39, 0.29) is 6.61 Å². The summed E-state index contributed by atoms with van der Waals surface area (Å²) >= 11 is 0. The summed E-state index contributed by atoms with van der Waals surface area (Å²) in [6.07, 6.45) is 0. The maximum atomic E-state index is 11.2. The van der Waals surface area contributed by atoms with Gasteiger partial charge in [-0.05, 0) is 19.2 Å². The van der Waals surface area contributed by atoms with Crippen molar-refractivity contribution in [3.8, 4) is 0 Å². The lowest BCUT2D eigenvalue weighted by Crippen LogP contribution is -2.22. The minimum Gasteiger partial charge on any atom is -0.464 e. The summed E-state index contributed by atoms with van der Waals surface area (Å²) in [6.45, 7) is 1.27. The molecule has 16 heavy (non-hydrogen) atoms. The normalized spacial score (nSPS) is 10.5. The van der Waals surface area contributed by atoms with E-state index in [1.807, 2.05) is 18.0 Å². The smallest absolute Gasteiger partial charge is 0.356 e. The van der Waals surface area contributed by atoms with Crippen molar-refractivity contribution in [2.45, 2.75) is 6.54 Å². The van der Waals surface area contributed by atoms with Gasteiger partial charge in [-0.25, -0.2) is 9.78 Å². The minimum absolute atomic E-state index is 0.104. The van der Waals surface area contributed by atoms with Crippen molar-refractivity contribution < 1.29 is 14.6 Å². The lowest BCUT2D eigenvalue weighted by atomic mass is 10.3. The number of likely N-dealkylation sites (N-methyl/N-ethyl adjacent to an activating group) is 1. The monoisotopic (exact) mass is 224 g/mol. The second kappa shape index (κ2) is 6.19. The van der Waals surface area contributed by atoms with Crippen LogP contribution < -0.4 is 0 Å². The predicted octanol–water partition coefficient (Wildman–Crippen LogP) is 0.292. The van der Waals surface area contributed by atoms with Gasteiger partial charge in [0.1, 0.15) is 5.69 Å². The molecule has 1 heterocycles. The molecule has 0 aromatic carbocycles. The third kappa shape index (κ3) is 3.60. The number of ether oxygens (including phenoxy) is 1. The van der Waals surface area contributed by atoms with Crippen molar-refractivity contribution in [3.63, 3.8) is 0 Å². The fourth-order valence-corrected chi connectivity index (χ4v) is 1.31. The molecule has 1 N–H and O–H groups in total. The quantitative estimate of drug-likeness (QED) is 0.728. The molecular formula is C11H16N2O3. The van der Waals surface area contributed by atoms with Crippen molar-refractivity contribution in [1.29, 1.82) is 0 Å². The van der Waals surface area contributed by atoms with Crippen LogP contribution in [-0.2, 0) is 11.3 Å². The first-order chi connectivity index (χ1) is 7.67. The number of carbonyl (C=O) groups excluding carboxylic acids is 1. The van der Waals surface area contributed by atoms with Crippen LogP contribution in [0.1, 0.15) is 16.2 Å². The summed E-state index contributed by atoms with van der Waals surface area (Å²) in [5, 5.41) is 8.76. The van der Waals surface area contributed by atoms with Gasteiger partial charge in [0.25, 0.3) is 0 Å². The standard InChI is InChI=1S/C11H16N2O3/c1-13(6-7-14)8-9-4-3-5-10(12-9)11(15)16-2/h3-5,14H,6-8H2,1-2H3. The van der Waals surface area contributed by atoms with Crippen LogP contribution in [0.3, 0.4) is 0 Å². The molecule has 5 nitrogen and oxygen atoms in total. The van der Waals surface area contributed by atoms with Crippen LogP contribution in [0.4, 0.5) is 0 Å².